The van der Waals surface area contributed by atoms with Crippen LogP contribution in [-0.2, 0) is 4.79 Å². The van der Waals surface area contributed by atoms with Crippen LogP contribution in [0.3, 0.4) is 0 Å². The van der Waals surface area contributed by atoms with Crippen LogP contribution in [0.4, 0.5) is 14.5 Å². The van der Waals surface area contributed by atoms with Gasteiger partial charge in [0.2, 0.25) is 5.91 Å². The van der Waals surface area contributed by atoms with E-state index in [2.05, 4.69) is 5.32 Å². The van der Waals surface area contributed by atoms with Crippen LogP contribution in [0.1, 0.15) is 0 Å². The summed E-state index contributed by atoms with van der Waals surface area (Å²) in [5, 5.41) is 11.3. The van der Waals surface area contributed by atoms with Crippen LogP contribution < -0.4 is 5.32 Å². The number of aliphatic hydroxyl groups is 1. The van der Waals surface area contributed by atoms with Crippen molar-refractivity contribution in [3.05, 3.63) is 24.3 Å². The molecule has 0 aliphatic rings. The predicted octanol–water partition coefficient (Wildman–Crippen LogP) is 1.86. The fraction of sp³-hybridized carbons (Fsp3) is 0.417. The van der Waals surface area contributed by atoms with E-state index in [0.29, 0.717) is 28.9 Å². The molecule has 1 amide bonds. The lowest BCUT2D eigenvalue weighted by atomic mass is 10.3. The van der Waals surface area contributed by atoms with Crippen LogP contribution in [0, 0.1) is 0 Å². The van der Waals surface area contributed by atoms with Gasteiger partial charge in [-0.3, -0.25) is 9.69 Å². The van der Waals surface area contributed by atoms with E-state index in [4.69, 9.17) is 5.11 Å². The third-order valence-electron chi connectivity index (χ3n) is 2.27. The molecule has 0 aliphatic heterocycles. The molecule has 0 aromatic heterocycles. The first kappa shape index (κ1) is 15.9. The number of carbonyl (C=O) groups excluding carboxylic acids is 1. The standard InChI is InChI=1S/C12H16F2N2O2S/c1-16(6-7-17)8-11(18)15-9-4-2-3-5-10(9)19-12(13)14/h2-5,12,17H,6-8H2,1H3,(H,15,18). The summed E-state index contributed by atoms with van der Waals surface area (Å²) >= 11 is 0.395. The predicted molar refractivity (Wildman–Crippen MR) is 71.5 cm³/mol. The second kappa shape index (κ2) is 8.08. The van der Waals surface area contributed by atoms with E-state index in [1.54, 1.807) is 30.1 Å². The number of carbonyl (C=O) groups is 1. The minimum atomic E-state index is -2.53. The van der Waals surface area contributed by atoms with Crippen molar-refractivity contribution in [1.29, 1.82) is 0 Å². The van der Waals surface area contributed by atoms with E-state index >= 15 is 0 Å². The van der Waals surface area contributed by atoms with E-state index in [1.165, 1.54) is 6.07 Å². The van der Waals surface area contributed by atoms with Gasteiger partial charge in [0.05, 0.1) is 18.8 Å². The summed E-state index contributed by atoms with van der Waals surface area (Å²) in [5.41, 5.74) is 0.371. The summed E-state index contributed by atoms with van der Waals surface area (Å²) in [6.45, 7) is 0.427. The molecule has 0 atom stereocenters. The number of rotatable bonds is 7. The number of anilines is 1. The Morgan fingerprint density at radius 2 is 2.16 bits per heavy atom. The van der Waals surface area contributed by atoms with Gasteiger partial charge in [-0.05, 0) is 19.2 Å². The average Bonchev–Trinajstić information content (AvgIpc) is 2.31. The van der Waals surface area contributed by atoms with Crippen molar-refractivity contribution in [2.45, 2.75) is 10.7 Å². The number of hydrogen-bond donors (Lipinski definition) is 2. The summed E-state index contributed by atoms with van der Waals surface area (Å²) in [4.78, 5) is 13.7. The number of para-hydroxylation sites is 1. The lowest BCUT2D eigenvalue weighted by Gasteiger charge is -2.15. The molecular weight excluding hydrogens is 274 g/mol. The topological polar surface area (TPSA) is 52.6 Å². The van der Waals surface area contributed by atoms with Crippen LogP contribution in [0.2, 0.25) is 0 Å². The minimum absolute atomic E-state index is 0.0401. The highest BCUT2D eigenvalue weighted by Crippen LogP contribution is 2.31. The summed E-state index contributed by atoms with van der Waals surface area (Å²) in [7, 11) is 1.69. The first-order chi connectivity index (χ1) is 9.02. The van der Waals surface area contributed by atoms with E-state index in [1.807, 2.05) is 0 Å². The van der Waals surface area contributed by atoms with Gasteiger partial charge in [0.25, 0.3) is 5.76 Å². The highest BCUT2D eigenvalue weighted by molar-refractivity contribution is 7.99. The number of nitrogens with zero attached hydrogens (tertiary/aromatic N) is 1. The number of benzene rings is 1. The first-order valence-electron chi connectivity index (χ1n) is 5.66. The van der Waals surface area contributed by atoms with Crippen molar-refractivity contribution in [3.8, 4) is 0 Å². The molecule has 0 aliphatic carbocycles. The summed E-state index contributed by atoms with van der Waals surface area (Å²) < 4.78 is 24.7. The smallest absolute Gasteiger partial charge is 0.288 e. The number of likely N-dealkylation sites (N-methyl/N-ethyl adjacent to an activating group) is 1. The number of amides is 1. The summed E-state index contributed by atoms with van der Waals surface area (Å²) in [6, 6.07) is 6.42. The quantitative estimate of drug-likeness (QED) is 0.753. The highest BCUT2D eigenvalue weighted by Gasteiger charge is 2.12. The Hall–Kier alpha value is -1.18. The molecule has 0 radical (unpaired) electrons. The summed E-state index contributed by atoms with van der Waals surface area (Å²) in [6.07, 6.45) is 0. The Bertz CT molecular complexity index is 418. The molecule has 0 unspecified atom stereocenters. The minimum Gasteiger partial charge on any atom is -0.395 e. The van der Waals surface area contributed by atoms with Gasteiger partial charge in [-0.2, -0.15) is 8.78 Å². The number of alkyl halides is 2. The maximum atomic E-state index is 12.4. The molecular formula is C12H16F2N2O2S. The monoisotopic (exact) mass is 290 g/mol. The van der Waals surface area contributed by atoms with Gasteiger partial charge in [-0.25, -0.2) is 0 Å². The Balaban J connectivity index is 2.63. The Morgan fingerprint density at radius 3 is 2.79 bits per heavy atom. The second-order valence-corrected chi connectivity index (χ2v) is 4.92. The van der Waals surface area contributed by atoms with Gasteiger partial charge >= 0.3 is 0 Å². The maximum absolute atomic E-state index is 12.4. The first-order valence-corrected chi connectivity index (χ1v) is 6.54. The second-order valence-electron chi connectivity index (χ2n) is 3.88. The molecule has 0 fully saturated rings. The number of hydrogen-bond acceptors (Lipinski definition) is 4. The lowest BCUT2D eigenvalue weighted by molar-refractivity contribution is -0.117. The van der Waals surface area contributed by atoms with Crippen molar-refractivity contribution in [3.63, 3.8) is 0 Å². The van der Waals surface area contributed by atoms with Gasteiger partial charge in [-0.15, -0.1) is 0 Å². The molecule has 0 spiro atoms. The van der Waals surface area contributed by atoms with E-state index in [9.17, 15) is 13.6 Å². The zero-order valence-electron chi connectivity index (χ0n) is 10.5. The van der Waals surface area contributed by atoms with Crippen LogP contribution in [-0.4, -0.2) is 48.4 Å². The van der Waals surface area contributed by atoms with Crippen molar-refractivity contribution < 1.29 is 18.7 Å². The van der Waals surface area contributed by atoms with Crippen molar-refractivity contribution in [2.24, 2.45) is 0 Å². The molecule has 19 heavy (non-hydrogen) atoms. The van der Waals surface area contributed by atoms with Crippen molar-refractivity contribution in [2.75, 3.05) is 32.1 Å². The summed E-state index contributed by atoms with van der Waals surface area (Å²) in [5.74, 6) is -2.84. The van der Waals surface area contributed by atoms with Gasteiger partial charge < -0.3 is 10.4 Å². The largest absolute Gasteiger partial charge is 0.395 e. The Morgan fingerprint density at radius 1 is 1.47 bits per heavy atom. The molecule has 1 rings (SSSR count). The van der Waals surface area contributed by atoms with Crippen LogP contribution >= 0.6 is 11.8 Å². The van der Waals surface area contributed by atoms with E-state index in [0.717, 1.165) is 0 Å². The van der Waals surface area contributed by atoms with Crippen molar-refractivity contribution in [1.82, 2.24) is 4.90 Å². The fourth-order valence-corrected chi connectivity index (χ4v) is 2.05. The molecule has 0 saturated heterocycles. The number of aliphatic hydroxyl groups excluding tert-OH is 1. The third-order valence-corrected chi connectivity index (χ3v) is 3.06. The highest BCUT2D eigenvalue weighted by atomic mass is 32.2. The Kier molecular flexibility index (Phi) is 6.75. The average molecular weight is 290 g/mol. The molecule has 106 valence electrons. The van der Waals surface area contributed by atoms with Crippen LogP contribution in [0.5, 0.6) is 0 Å². The molecule has 0 bridgehead atoms. The number of halogens is 2. The zero-order valence-corrected chi connectivity index (χ0v) is 11.3. The normalized spacial score (nSPS) is 11.1. The third kappa shape index (κ3) is 6.00. The van der Waals surface area contributed by atoms with E-state index in [-0.39, 0.29) is 19.1 Å². The molecule has 7 heteroatoms. The van der Waals surface area contributed by atoms with Gasteiger partial charge in [0.1, 0.15) is 0 Å². The molecule has 2 N–H and O–H groups in total. The lowest BCUT2D eigenvalue weighted by Crippen LogP contribution is -2.32. The molecule has 1 aromatic carbocycles. The molecule has 1 aromatic rings. The van der Waals surface area contributed by atoms with Crippen molar-refractivity contribution >= 4 is 23.4 Å². The maximum Gasteiger partial charge on any atom is 0.288 e. The number of thioether (sulfide) groups is 1. The fourth-order valence-electron chi connectivity index (χ4n) is 1.45. The van der Waals surface area contributed by atoms with Crippen LogP contribution in [0.25, 0.3) is 0 Å². The van der Waals surface area contributed by atoms with Gasteiger partial charge in [-0.1, -0.05) is 23.9 Å². The zero-order chi connectivity index (χ0) is 14.3. The van der Waals surface area contributed by atoms with E-state index < -0.39 is 5.76 Å². The van der Waals surface area contributed by atoms with Gasteiger partial charge in [0.15, 0.2) is 0 Å². The molecule has 0 saturated carbocycles. The SMILES string of the molecule is CN(CCO)CC(=O)Nc1ccccc1SC(F)F. The van der Waals surface area contributed by atoms with Gasteiger partial charge in [0, 0.05) is 11.4 Å². The van der Waals surface area contributed by atoms with Crippen LogP contribution in [0.15, 0.2) is 29.2 Å². The molecule has 4 nitrogen and oxygen atoms in total. The Labute approximate surface area is 114 Å². The number of nitrogens with one attached hydrogen (secondary N) is 1. The molecule has 0 heterocycles.